The molecule has 1 aromatic rings. The average molecular weight is 345 g/mol. The van der Waals surface area contributed by atoms with Crippen molar-refractivity contribution in [1.29, 1.82) is 0 Å². The van der Waals surface area contributed by atoms with Gasteiger partial charge in [-0.3, -0.25) is 9.59 Å². The Bertz CT molecular complexity index is 634. The Balaban J connectivity index is 1.69. The Morgan fingerprint density at radius 3 is 2.76 bits per heavy atom. The summed E-state index contributed by atoms with van der Waals surface area (Å²) in [5, 5.41) is 5.80. The second kappa shape index (κ2) is 7.76. The first-order chi connectivity index (χ1) is 12.1. The summed E-state index contributed by atoms with van der Waals surface area (Å²) in [5.41, 5.74) is 0.856. The molecule has 6 nitrogen and oxygen atoms in total. The van der Waals surface area contributed by atoms with E-state index in [9.17, 15) is 9.59 Å². The number of ether oxygens (including phenoxy) is 1. The summed E-state index contributed by atoms with van der Waals surface area (Å²) in [4.78, 5) is 26.5. The van der Waals surface area contributed by atoms with Crippen molar-refractivity contribution in [3.8, 4) is 5.75 Å². The minimum atomic E-state index is -0.610. The number of benzene rings is 1. The zero-order valence-corrected chi connectivity index (χ0v) is 15.0. The van der Waals surface area contributed by atoms with Gasteiger partial charge in [0.1, 0.15) is 5.75 Å². The van der Waals surface area contributed by atoms with E-state index < -0.39 is 6.10 Å². The topological polar surface area (TPSA) is 70.7 Å². The molecular weight excluding hydrogens is 318 g/mol. The van der Waals surface area contributed by atoms with Gasteiger partial charge in [0.05, 0.1) is 18.8 Å². The first kappa shape index (κ1) is 17.6. The highest BCUT2D eigenvalue weighted by Gasteiger charge is 2.31. The zero-order chi connectivity index (χ0) is 17.8. The SMILES string of the molecule is CNC(=O)C1CN(CC(=O)NC2CCCCC2C)c2ccccc2O1. The number of fused-ring (bicyclic) bond motifs is 1. The number of anilines is 1. The molecule has 0 bridgehead atoms. The molecule has 1 aliphatic heterocycles. The molecule has 3 unspecified atom stereocenters. The molecule has 0 spiro atoms. The highest BCUT2D eigenvalue weighted by Crippen LogP contribution is 2.33. The standard InChI is InChI=1S/C19H27N3O3/c1-13-7-3-4-8-14(13)21-18(23)12-22-11-17(19(24)20-2)25-16-10-6-5-9-15(16)22/h5-6,9-10,13-14,17H,3-4,7-8,11-12H2,1-2H3,(H,20,24)(H,21,23). The van der Waals surface area contributed by atoms with Crippen LogP contribution in [0.3, 0.4) is 0 Å². The van der Waals surface area contributed by atoms with Gasteiger partial charge in [-0.05, 0) is 30.9 Å². The Morgan fingerprint density at radius 2 is 2.00 bits per heavy atom. The molecule has 1 aromatic carbocycles. The highest BCUT2D eigenvalue weighted by atomic mass is 16.5. The van der Waals surface area contributed by atoms with Gasteiger partial charge in [0.25, 0.3) is 5.91 Å². The van der Waals surface area contributed by atoms with Gasteiger partial charge < -0.3 is 20.3 Å². The number of hydrogen-bond acceptors (Lipinski definition) is 4. The summed E-state index contributed by atoms with van der Waals surface area (Å²) in [6.45, 7) is 2.80. The van der Waals surface area contributed by atoms with Crippen molar-refractivity contribution in [2.75, 3.05) is 25.0 Å². The number of hydrogen-bond donors (Lipinski definition) is 2. The molecule has 0 radical (unpaired) electrons. The summed E-state index contributed by atoms with van der Waals surface area (Å²) in [6.07, 6.45) is 4.03. The maximum absolute atomic E-state index is 12.6. The van der Waals surface area contributed by atoms with E-state index in [0.29, 0.717) is 18.2 Å². The lowest BCUT2D eigenvalue weighted by atomic mass is 9.86. The largest absolute Gasteiger partial charge is 0.477 e. The predicted molar refractivity (Wildman–Crippen MR) is 96.7 cm³/mol. The van der Waals surface area contributed by atoms with Crippen LogP contribution in [-0.4, -0.2) is 44.1 Å². The molecule has 0 saturated heterocycles. The van der Waals surface area contributed by atoms with Gasteiger partial charge in [0.15, 0.2) is 6.10 Å². The molecule has 3 atom stereocenters. The van der Waals surface area contributed by atoms with Crippen molar-refractivity contribution in [2.24, 2.45) is 5.92 Å². The van der Waals surface area contributed by atoms with Crippen LogP contribution in [0.5, 0.6) is 5.75 Å². The number of nitrogens with zero attached hydrogens (tertiary/aromatic N) is 1. The van der Waals surface area contributed by atoms with Crippen LogP contribution in [0.25, 0.3) is 0 Å². The van der Waals surface area contributed by atoms with Crippen LogP contribution in [-0.2, 0) is 9.59 Å². The summed E-state index contributed by atoms with van der Waals surface area (Å²) >= 11 is 0. The first-order valence-electron chi connectivity index (χ1n) is 9.10. The van der Waals surface area contributed by atoms with Crippen LogP contribution in [0, 0.1) is 5.92 Å². The summed E-state index contributed by atoms with van der Waals surface area (Å²) in [7, 11) is 1.59. The van der Waals surface area contributed by atoms with Crippen LogP contribution in [0.4, 0.5) is 5.69 Å². The third-order valence-corrected chi connectivity index (χ3v) is 5.19. The zero-order valence-electron chi connectivity index (χ0n) is 15.0. The van der Waals surface area contributed by atoms with Crippen LogP contribution >= 0.6 is 0 Å². The van der Waals surface area contributed by atoms with E-state index in [1.165, 1.54) is 19.3 Å². The van der Waals surface area contributed by atoms with Crippen LogP contribution in [0.2, 0.25) is 0 Å². The molecular formula is C19H27N3O3. The average Bonchev–Trinajstić information content (AvgIpc) is 2.62. The number of carbonyl (C=O) groups is 2. The van der Waals surface area contributed by atoms with Gasteiger partial charge in [-0.15, -0.1) is 0 Å². The fourth-order valence-electron chi connectivity index (χ4n) is 3.71. The summed E-state index contributed by atoms with van der Waals surface area (Å²) in [5.74, 6) is 0.987. The molecule has 1 aliphatic carbocycles. The van der Waals surface area contributed by atoms with Crippen molar-refractivity contribution in [3.05, 3.63) is 24.3 Å². The molecule has 6 heteroatoms. The molecule has 3 rings (SSSR count). The predicted octanol–water partition coefficient (Wildman–Crippen LogP) is 1.69. The number of nitrogens with one attached hydrogen (secondary N) is 2. The Hall–Kier alpha value is -2.24. The monoisotopic (exact) mass is 345 g/mol. The Morgan fingerprint density at radius 1 is 1.24 bits per heavy atom. The van der Waals surface area contributed by atoms with E-state index in [2.05, 4.69) is 17.6 Å². The van der Waals surface area contributed by atoms with Gasteiger partial charge in [0, 0.05) is 13.1 Å². The van der Waals surface area contributed by atoms with Gasteiger partial charge in [-0.25, -0.2) is 0 Å². The third kappa shape index (κ3) is 4.06. The van der Waals surface area contributed by atoms with Crippen molar-refractivity contribution in [1.82, 2.24) is 10.6 Å². The van der Waals surface area contributed by atoms with Gasteiger partial charge in [0.2, 0.25) is 5.91 Å². The maximum atomic E-state index is 12.6. The number of carbonyl (C=O) groups excluding carboxylic acids is 2. The quantitative estimate of drug-likeness (QED) is 0.871. The molecule has 2 aliphatic rings. The van der Waals surface area contributed by atoms with Crippen LogP contribution < -0.4 is 20.3 Å². The normalized spacial score (nSPS) is 25.5. The van der Waals surface area contributed by atoms with Crippen LogP contribution in [0.15, 0.2) is 24.3 Å². The van der Waals surface area contributed by atoms with Crippen LogP contribution in [0.1, 0.15) is 32.6 Å². The fraction of sp³-hybridized carbons (Fsp3) is 0.579. The summed E-state index contributed by atoms with van der Waals surface area (Å²) in [6, 6.07) is 7.79. The molecule has 1 fully saturated rings. The van der Waals surface area contributed by atoms with Gasteiger partial charge in [-0.1, -0.05) is 31.9 Å². The van der Waals surface area contributed by atoms with E-state index >= 15 is 0 Å². The number of rotatable bonds is 4. The Kier molecular flexibility index (Phi) is 5.46. The number of para-hydroxylation sites is 2. The van der Waals surface area contributed by atoms with E-state index in [4.69, 9.17) is 4.74 Å². The smallest absolute Gasteiger partial charge is 0.262 e. The lowest BCUT2D eigenvalue weighted by Gasteiger charge is -2.36. The minimum absolute atomic E-state index is 0.00566. The van der Waals surface area contributed by atoms with E-state index in [0.717, 1.165) is 12.1 Å². The second-order valence-corrected chi connectivity index (χ2v) is 7.00. The molecule has 2 N–H and O–H groups in total. The third-order valence-electron chi connectivity index (χ3n) is 5.19. The highest BCUT2D eigenvalue weighted by molar-refractivity contribution is 5.86. The van der Waals surface area contributed by atoms with Crippen molar-refractivity contribution < 1.29 is 14.3 Å². The van der Waals surface area contributed by atoms with Gasteiger partial charge >= 0.3 is 0 Å². The lowest BCUT2D eigenvalue weighted by Crippen LogP contribution is -2.52. The van der Waals surface area contributed by atoms with Crippen molar-refractivity contribution >= 4 is 17.5 Å². The molecule has 136 valence electrons. The molecule has 1 saturated carbocycles. The van der Waals surface area contributed by atoms with Gasteiger partial charge in [-0.2, -0.15) is 0 Å². The van der Waals surface area contributed by atoms with E-state index in [-0.39, 0.29) is 24.4 Å². The molecule has 2 amide bonds. The maximum Gasteiger partial charge on any atom is 0.262 e. The summed E-state index contributed by atoms with van der Waals surface area (Å²) < 4.78 is 5.78. The fourth-order valence-corrected chi connectivity index (χ4v) is 3.71. The van der Waals surface area contributed by atoms with E-state index in [1.54, 1.807) is 7.05 Å². The minimum Gasteiger partial charge on any atom is -0.477 e. The first-order valence-corrected chi connectivity index (χ1v) is 9.10. The van der Waals surface area contributed by atoms with Crippen molar-refractivity contribution in [3.63, 3.8) is 0 Å². The second-order valence-electron chi connectivity index (χ2n) is 7.00. The molecule has 1 heterocycles. The molecule has 25 heavy (non-hydrogen) atoms. The number of likely N-dealkylation sites (N-methyl/N-ethyl adjacent to an activating group) is 1. The Labute approximate surface area is 148 Å². The lowest BCUT2D eigenvalue weighted by molar-refractivity contribution is -0.128. The molecule has 0 aromatic heterocycles. The van der Waals surface area contributed by atoms with E-state index in [1.807, 2.05) is 29.2 Å². The number of amides is 2. The van der Waals surface area contributed by atoms with Crippen molar-refractivity contribution in [2.45, 2.75) is 44.8 Å².